The predicted octanol–water partition coefficient (Wildman–Crippen LogP) is 0.843. The number of anilines is 2. The van der Waals surface area contributed by atoms with Crippen molar-refractivity contribution in [2.75, 3.05) is 17.3 Å². The first-order valence-electron chi connectivity index (χ1n) is 6.83. The summed E-state index contributed by atoms with van der Waals surface area (Å²) in [4.78, 5) is 13.1. The third-order valence-corrected chi connectivity index (χ3v) is 2.85. The number of nitrogens with zero attached hydrogens (tertiary/aromatic N) is 5. The summed E-state index contributed by atoms with van der Waals surface area (Å²) in [6, 6.07) is 1.78. The molecule has 0 saturated carbocycles. The first kappa shape index (κ1) is 15.2. The molecule has 0 aliphatic carbocycles. The highest BCUT2D eigenvalue weighted by atomic mass is 15.3. The largest absolute Gasteiger partial charge is 0.369 e. The molecular weight excluding hydrogens is 268 g/mol. The molecule has 0 amide bonds. The zero-order valence-electron chi connectivity index (χ0n) is 12.9. The minimum absolute atomic E-state index is 0.147. The van der Waals surface area contributed by atoms with Gasteiger partial charge in [0.1, 0.15) is 23.8 Å². The second-order valence-electron chi connectivity index (χ2n) is 5.87. The Morgan fingerprint density at radius 3 is 2.52 bits per heavy atom. The highest BCUT2D eigenvalue weighted by Gasteiger charge is 2.19. The SMILES string of the molecule is Cn1cnc(CCNc2cc(NN)nc(C(C)(C)C)n2)n1. The van der Waals surface area contributed by atoms with Crippen LogP contribution in [0.1, 0.15) is 32.4 Å². The Labute approximate surface area is 124 Å². The second-order valence-corrected chi connectivity index (χ2v) is 5.87. The fraction of sp³-hybridized carbons (Fsp3) is 0.538. The van der Waals surface area contributed by atoms with Crippen LogP contribution in [0.4, 0.5) is 11.6 Å². The van der Waals surface area contributed by atoms with E-state index in [4.69, 9.17) is 5.84 Å². The zero-order chi connectivity index (χ0) is 15.5. The highest BCUT2D eigenvalue weighted by Crippen LogP contribution is 2.21. The van der Waals surface area contributed by atoms with Crippen LogP contribution in [0.2, 0.25) is 0 Å². The maximum Gasteiger partial charge on any atom is 0.152 e. The van der Waals surface area contributed by atoms with Gasteiger partial charge in [0.05, 0.1) is 0 Å². The molecule has 0 aliphatic heterocycles. The molecule has 0 aromatic carbocycles. The Morgan fingerprint density at radius 1 is 1.24 bits per heavy atom. The molecule has 4 N–H and O–H groups in total. The van der Waals surface area contributed by atoms with Crippen LogP contribution in [0.3, 0.4) is 0 Å². The topological polar surface area (TPSA) is 107 Å². The van der Waals surface area contributed by atoms with Crippen molar-refractivity contribution >= 4 is 11.6 Å². The summed E-state index contributed by atoms with van der Waals surface area (Å²) in [6.07, 6.45) is 2.41. The van der Waals surface area contributed by atoms with Crippen LogP contribution in [-0.2, 0) is 18.9 Å². The van der Waals surface area contributed by atoms with E-state index >= 15 is 0 Å². The summed E-state index contributed by atoms with van der Waals surface area (Å²) in [5.74, 6) is 8.32. The minimum Gasteiger partial charge on any atom is -0.369 e. The van der Waals surface area contributed by atoms with Crippen molar-refractivity contribution in [3.05, 3.63) is 24.0 Å². The van der Waals surface area contributed by atoms with E-state index in [0.29, 0.717) is 12.4 Å². The monoisotopic (exact) mass is 290 g/mol. The summed E-state index contributed by atoms with van der Waals surface area (Å²) in [6.45, 7) is 6.87. The van der Waals surface area contributed by atoms with Crippen LogP contribution in [0, 0.1) is 0 Å². The number of nitrogens with one attached hydrogen (secondary N) is 2. The molecule has 0 unspecified atom stereocenters. The van der Waals surface area contributed by atoms with E-state index in [9.17, 15) is 0 Å². The zero-order valence-corrected chi connectivity index (χ0v) is 12.9. The summed E-state index contributed by atoms with van der Waals surface area (Å²) < 4.78 is 1.69. The van der Waals surface area contributed by atoms with Gasteiger partial charge < -0.3 is 10.7 Å². The Kier molecular flexibility index (Phi) is 4.37. The van der Waals surface area contributed by atoms with E-state index in [2.05, 4.69) is 51.6 Å². The third kappa shape index (κ3) is 4.12. The van der Waals surface area contributed by atoms with Gasteiger partial charge in [-0.25, -0.2) is 20.8 Å². The standard InChI is InChI=1S/C13H22N8/c1-13(2,3)12-17-10(7-11(18-12)19-14)15-6-5-9-16-8-21(4)20-9/h7-8H,5-6,14H2,1-4H3,(H2,15,17,18,19). The van der Waals surface area contributed by atoms with Gasteiger partial charge in [-0.2, -0.15) is 5.10 Å². The van der Waals surface area contributed by atoms with Crippen molar-refractivity contribution in [1.29, 1.82) is 0 Å². The fourth-order valence-electron chi connectivity index (χ4n) is 1.75. The van der Waals surface area contributed by atoms with Crippen LogP contribution in [0.25, 0.3) is 0 Å². The Bertz CT molecular complexity index is 598. The number of hydrogen-bond acceptors (Lipinski definition) is 7. The molecule has 0 bridgehead atoms. The minimum atomic E-state index is -0.147. The molecule has 0 atom stereocenters. The van der Waals surface area contributed by atoms with E-state index in [1.165, 1.54) is 0 Å². The summed E-state index contributed by atoms with van der Waals surface area (Å²) >= 11 is 0. The fourth-order valence-corrected chi connectivity index (χ4v) is 1.75. The molecule has 2 heterocycles. The number of aromatic nitrogens is 5. The van der Waals surface area contributed by atoms with Crippen LogP contribution in [0.5, 0.6) is 0 Å². The van der Waals surface area contributed by atoms with Crippen LogP contribution in [0.15, 0.2) is 12.4 Å². The molecule has 2 aromatic heterocycles. The first-order chi connectivity index (χ1) is 9.88. The summed E-state index contributed by atoms with van der Waals surface area (Å²) in [5, 5.41) is 7.49. The average Bonchev–Trinajstić information content (AvgIpc) is 2.83. The second kappa shape index (κ2) is 6.04. The molecule has 21 heavy (non-hydrogen) atoms. The van der Waals surface area contributed by atoms with Crippen LogP contribution in [-0.4, -0.2) is 31.3 Å². The summed E-state index contributed by atoms with van der Waals surface area (Å²) in [7, 11) is 1.85. The van der Waals surface area contributed by atoms with Crippen molar-refractivity contribution in [2.45, 2.75) is 32.6 Å². The molecule has 0 spiro atoms. The molecule has 2 rings (SSSR count). The predicted molar refractivity (Wildman–Crippen MR) is 81.7 cm³/mol. The lowest BCUT2D eigenvalue weighted by atomic mass is 9.96. The molecule has 0 saturated heterocycles. The van der Waals surface area contributed by atoms with E-state index in [-0.39, 0.29) is 5.41 Å². The maximum atomic E-state index is 5.46. The Morgan fingerprint density at radius 2 is 1.95 bits per heavy atom. The van der Waals surface area contributed by atoms with E-state index in [0.717, 1.165) is 23.9 Å². The Balaban J connectivity index is 2.05. The van der Waals surface area contributed by atoms with Crippen molar-refractivity contribution in [3.63, 3.8) is 0 Å². The van der Waals surface area contributed by atoms with E-state index < -0.39 is 0 Å². The number of nitrogens with two attached hydrogens (primary N) is 1. The molecule has 0 radical (unpaired) electrons. The first-order valence-corrected chi connectivity index (χ1v) is 6.83. The van der Waals surface area contributed by atoms with Crippen molar-refractivity contribution in [2.24, 2.45) is 12.9 Å². The molecule has 2 aromatic rings. The molecule has 114 valence electrons. The van der Waals surface area contributed by atoms with E-state index in [1.54, 1.807) is 17.1 Å². The van der Waals surface area contributed by atoms with Crippen LogP contribution < -0.4 is 16.6 Å². The third-order valence-electron chi connectivity index (χ3n) is 2.85. The van der Waals surface area contributed by atoms with Crippen LogP contribution >= 0.6 is 0 Å². The molecule has 8 heteroatoms. The van der Waals surface area contributed by atoms with Gasteiger partial charge in [0.2, 0.25) is 0 Å². The van der Waals surface area contributed by atoms with Gasteiger partial charge >= 0.3 is 0 Å². The van der Waals surface area contributed by atoms with Crippen molar-refractivity contribution in [3.8, 4) is 0 Å². The van der Waals surface area contributed by atoms with Crippen molar-refractivity contribution < 1.29 is 0 Å². The average molecular weight is 290 g/mol. The van der Waals surface area contributed by atoms with Gasteiger partial charge in [0.15, 0.2) is 5.82 Å². The van der Waals surface area contributed by atoms with Gasteiger partial charge in [-0.05, 0) is 0 Å². The number of hydrazine groups is 1. The smallest absolute Gasteiger partial charge is 0.152 e. The normalized spacial score (nSPS) is 11.5. The lowest BCUT2D eigenvalue weighted by molar-refractivity contribution is 0.546. The lowest BCUT2D eigenvalue weighted by Gasteiger charge is -2.18. The van der Waals surface area contributed by atoms with Gasteiger partial charge in [0.25, 0.3) is 0 Å². The lowest BCUT2D eigenvalue weighted by Crippen LogP contribution is -2.20. The van der Waals surface area contributed by atoms with Gasteiger partial charge in [-0.1, -0.05) is 20.8 Å². The maximum absolute atomic E-state index is 5.46. The quantitative estimate of drug-likeness (QED) is 0.553. The Hall–Kier alpha value is -2.22. The van der Waals surface area contributed by atoms with Gasteiger partial charge in [-0.3, -0.25) is 4.68 Å². The molecule has 0 fully saturated rings. The van der Waals surface area contributed by atoms with E-state index in [1.807, 2.05) is 7.05 Å². The molecule has 0 aliphatic rings. The highest BCUT2D eigenvalue weighted by molar-refractivity contribution is 5.47. The number of hydrogen-bond donors (Lipinski definition) is 3. The molecular formula is C13H22N8. The van der Waals surface area contributed by atoms with Gasteiger partial charge in [-0.15, -0.1) is 0 Å². The summed E-state index contributed by atoms with van der Waals surface area (Å²) in [5.41, 5.74) is 2.43. The molecule has 8 nitrogen and oxygen atoms in total. The van der Waals surface area contributed by atoms with Gasteiger partial charge in [0, 0.05) is 31.5 Å². The number of rotatable bonds is 5. The number of aryl methyl sites for hydroxylation is 1. The number of nitrogen functional groups attached to an aromatic ring is 1. The van der Waals surface area contributed by atoms with Crippen molar-refractivity contribution in [1.82, 2.24) is 24.7 Å².